The molecule has 0 saturated carbocycles. The molecular formula is C11H20N2O4. The molecule has 98 valence electrons. The first-order valence-electron chi connectivity index (χ1n) is 5.44. The third kappa shape index (κ3) is 9.35. The maximum atomic E-state index is 11.4. The van der Waals surface area contributed by atoms with Crippen LogP contribution >= 0.6 is 0 Å². The summed E-state index contributed by atoms with van der Waals surface area (Å²) in [7, 11) is 0. The van der Waals surface area contributed by atoms with Crippen LogP contribution < -0.4 is 10.6 Å². The predicted molar refractivity (Wildman–Crippen MR) is 62.5 cm³/mol. The van der Waals surface area contributed by atoms with Crippen LogP contribution in [-0.4, -0.2) is 28.6 Å². The van der Waals surface area contributed by atoms with E-state index >= 15 is 0 Å². The summed E-state index contributed by atoms with van der Waals surface area (Å²) in [5.41, 5.74) is -0.420. The molecular weight excluding hydrogens is 224 g/mol. The molecule has 0 aromatic carbocycles. The number of carbonyl (C=O) groups is 3. The fourth-order valence-electron chi connectivity index (χ4n) is 1.24. The number of nitrogens with one attached hydrogen (secondary N) is 2. The number of hydrogen-bond donors (Lipinski definition) is 3. The summed E-state index contributed by atoms with van der Waals surface area (Å²) in [6.45, 7) is 7.04. The van der Waals surface area contributed by atoms with Crippen molar-refractivity contribution in [3.63, 3.8) is 0 Å². The van der Waals surface area contributed by atoms with E-state index < -0.39 is 23.4 Å². The van der Waals surface area contributed by atoms with Gasteiger partial charge in [-0.15, -0.1) is 0 Å². The van der Waals surface area contributed by atoms with Crippen molar-refractivity contribution < 1.29 is 19.5 Å². The van der Waals surface area contributed by atoms with E-state index in [0.717, 1.165) is 0 Å². The molecule has 0 radical (unpaired) electrons. The average Bonchev–Trinajstić information content (AvgIpc) is 1.95. The van der Waals surface area contributed by atoms with E-state index in [-0.39, 0.29) is 18.8 Å². The number of imide groups is 1. The minimum Gasteiger partial charge on any atom is -0.481 e. The van der Waals surface area contributed by atoms with E-state index in [2.05, 4.69) is 10.6 Å². The summed E-state index contributed by atoms with van der Waals surface area (Å²) in [6, 6.07) is -0.565. The highest BCUT2D eigenvalue weighted by molar-refractivity contribution is 5.94. The van der Waals surface area contributed by atoms with Gasteiger partial charge in [-0.1, -0.05) is 6.92 Å². The molecule has 0 fully saturated rings. The van der Waals surface area contributed by atoms with Crippen molar-refractivity contribution >= 4 is 17.9 Å². The van der Waals surface area contributed by atoms with Crippen LogP contribution in [0.3, 0.4) is 0 Å². The minimum absolute atomic E-state index is 0.0177. The Bertz CT molecular complexity index is 307. The lowest BCUT2D eigenvalue weighted by Crippen LogP contribution is -2.48. The van der Waals surface area contributed by atoms with Crippen molar-refractivity contribution in [3.05, 3.63) is 0 Å². The quantitative estimate of drug-likeness (QED) is 0.690. The monoisotopic (exact) mass is 244 g/mol. The SMILES string of the molecule is CC(CC(=O)O)CC(=O)NC(=O)NC(C)(C)C. The van der Waals surface area contributed by atoms with E-state index in [9.17, 15) is 14.4 Å². The molecule has 0 aromatic heterocycles. The third-order valence-electron chi connectivity index (χ3n) is 1.80. The molecule has 0 rings (SSSR count). The van der Waals surface area contributed by atoms with Gasteiger partial charge in [0.15, 0.2) is 0 Å². The summed E-state index contributed by atoms with van der Waals surface area (Å²) in [5, 5.41) is 13.3. The van der Waals surface area contributed by atoms with Gasteiger partial charge in [0.1, 0.15) is 0 Å². The molecule has 3 N–H and O–H groups in total. The Balaban J connectivity index is 4.02. The van der Waals surface area contributed by atoms with Crippen LogP contribution in [0.15, 0.2) is 0 Å². The zero-order chi connectivity index (χ0) is 13.6. The number of hydrogen-bond acceptors (Lipinski definition) is 3. The third-order valence-corrected chi connectivity index (χ3v) is 1.80. The molecule has 0 aliphatic rings. The number of carboxylic acid groups (broad SMARTS) is 1. The van der Waals surface area contributed by atoms with Gasteiger partial charge in [-0.05, 0) is 26.7 Å². The van der Waals surface area contributed by atoms with E-state index in [1.165, 1.54) is 0 Å². The van der Waals surface area contributed by atoms with Crippen molar-refractivity contribution in [1.29, 1.82) is 0 Å². The van der Waals surface area contributed by atoms with Crippen molar-refractivity contribution in [3.8, 4) is 0 Å². The molecule has 0 spiro atoms. The van der Waals surface area contributed by atoms with Crippen LogP contribution in [0.5, 0.6) is 0 Å². The molecule has 0 aliphatic heterocycles. The standard InChI is InChI=1S/C11H20N2O4/c1-7(6-9(15)16)5-8(14)12-10(17)13-11(2,3)4/h7H,5-6H2,1-4H3,(H,15,16)(H2,12,13,14,17). The number of rotatable bonds is 4. The maximum Gasteiger partial charge on any atom is 0.321 e. The van der Waals surface area contributed by atoms with Gasteiger partial charge in [0.2, 0.25) is 5.91 Å². The molecule has 3 amide bonds. The van der Waals surface area contributed by atoms with Crippen LogP contribution in [0.1, 0.15) is 40.5 Å². The van der Waals surface area contributed by atoms with E-state index in [1.54, 1.807) is 27.7 Å². The van der Waals surface area contributed by atoms with Crippen LogP contribution in [0, 0.1) is 5.92 Å². The van der Waals surface area contributed by atoms with Gasteiger partial charge in [0.05, 0.1) is 0 Å². The molecule has 0 aromatic rings. The van der Waals surface area contributed by atoms with Crippen molar-refractivity contribution in [2.45, 2.75) is 46.1 Å². The Kier molecular flexibility index (Phi) is 5.64. The van der Waals surface area contributed by atoms with Gasteiger partial charge in [-0.25, -0.2) is 4.79 Å². The van der Waals surface area contributed by atoms with E-state index in [0.29, 0.717) is 0 Å². The fourth-order valence-corrected chi connectivity index (χ4v) is 1.24. The highest BCUT2D eigenvalue weighted by atomic mass is 16.4. The molecule has 0 bridgehead atoms. The van der Waals surface area contributed by atoms with Gasteiger partial charge in [0, 0.05) is 18.4 Å². The number of carbonyl (C=O) groups excluding carboxylic acids is 2. The summed E-state index contributed by atoms with van der Waals surface area (Å²) in [6.07, 6.45) is -0.0713. The second-order valence-electron chi connectivity index (χ2n) is 5.16. The Morgan fingerprint density at radius 1 is 1.18 bits per heavy atom. The van der Waals surface area contributed by atoms with Crippen LogP contribution in [0.25, 0.3) is 0 Å². The minimum atomic E-state index is -0.954. The van der Waals surface area contributed by atoms with Crippen LogP contribution in [0.2, 0.25) is 0 Å². The molecule has 0 heterocycles. The highest BCUT2D eigenvalue weighted by Crippen LogP contribution is 2.06. The van der Waals surface area contributed by atoms with Crippen LogP contribution in [-0.2, 0) is 9.59 Å². The fraction of sp³-hybridized carbons (Fsp3) is 0.727. The van der Waals surface area contributed by atoms with Crippen LogP contribution in [0.4, 0.5) is 4.79 Å². The maximum absolute atomic E-state index is 11.4. The van der Waals surface area contributed by atoms with Crippen molar-refractivity contribution in [2.24, 2.45) is 5.92 Å². The lowest BCUT2D eigenvalue weighted by molar-refractivity contribution is -0.138. The summed E-state index contributed by atoms with van der Waals surface area (Å²) >= 11 is 0. The van der Waals surface area contributed by atoms with Crippen molar-refractivity contribution in [2.75, 3.05) is 0 Å². The van der Waals surface area contributed by atoms with Gasteiger partial charge < -0.3 is 10.4 Å². The zero-order valence-electron chi connectivity index (χ0n) is 10.7. The summed E-state index contributed by atoms with van der Waals surface area (Å²) in [4.78, 5) is 33.1. The second kappa shape index (κ2) is 6.22. The summed E-state index contributed by atoms with van der Waals surface area (Å²) in [5.74, 6) is -1.72. The molecule has 0 aliphatic carbocycles. The molecule has 6 heteroatoms. The highest BCUT2D eigenvalue weighted by Gasteiger charge is 2.17. The second-order valence-corrected chi connectivity index (χ2v) is 5.16. The van der Waals surface area contributed by atoms with Crippen molar-refractivity contribution in [1.82, 2.24) is 10.6 Å². The molecule has 6 nitrogen and oxygen atoms in total. The number of aliphatic carboxylic acids is 1. The number of carboxylic acids is 1. The first-order valence-corrected chi connectivity index (χ1v) is 5.44. The lowest BCUT2D eigenvalue weighted by atomic mass is 10.0. The molecule has 17 heavy (non-hydrogen) atoms. The summed E-state index contributed by atoms with van der Waals surface area (Å²) < 4.78 is 0. The first kappa shape index (κ1) is 15.4. The normalized spacial score (nSPS) is 12.7. The predicted octanol–water partition coefficient (Wildman–Crippen LogP) is 1.11. The average molecular weight is 244 g/mol. The Hall–Kier alpha value is -1.59. The Morgan fingerprint density at radius 2 is 1.71 bits per heavy atom. The Morgan fingerprint density at radius 3 is 2.12 bits per heavy atom. The number of urea groups is 1. The van der Waals surface area contributed by atoms with E-state index in [4.69, 9.17) is 5.11 Å². The largest absolute Gasteiger partial charge is 0.481 e. The van der Waals surface area contributed by atoms with Gasteiger partial charge in [0.25, 0.3) is 0 Å². The molecule has 1 atom stereocenters. The topological polar surface area (TPSA) is 95.5 Å². The van der Waals surface area contributed by atoms with Gasteiger partial charge >= 0.3 is 12.0 Å². The number of amides is 3. The Labute approximate surface area is 101 Å². The van der Waals surface area contributed by atoms with Gasteiger partial charge in [-0.2, -0.15) is 0 Å². The zero-order valence-corrected chi connectivity index (χ0v) is 10.7. The molecule has 0 saturated heterocycles. The lowest BCUT2D eigenvalue weighted by Gasteiger charge is -2.20. The smallest absolute Gasteiger partial charge is 0.321 e. The van der Waals surface area contributed by atoms with Gasteiger partial charge in [-0.3, -0.25) is 14.9 Å². The molecule has 1 unspecified atom stereocenters. The first-order chi connectivity index (χ1) is 7.60. The van der Waals surface area contributed by atoms with E-state index in [1.807, 2.05) is 0 Å².